The van der Waals surface area contributed by atoms with Crippen LogP contribution in [0.3, 0.4) is 0 Å². The quantitative estimate of drug-likeness (QED) is 0.606. The molecule has 0 atom stereocenters. The number of ether oxygens (including phenoxy) is 1. The third-order valence-corrected chi connectivity index (χ3v) is 1.92. The van der Waals surface area contributed by atoms with Crippen molar-refractivity contribution in [3.05, 3.63) is 17.2 Å². The largest absolute Gasteiger partial charge is 0.492 e. The van der Waals surface area contributed by atoms with Gasteiger partial charge in [0, 0.05) is 5.02 Å². The fourth-order valence-corrected chi connectivity index (χ4v) is 1.46. The number of nitrogens with two attached hydrogens (primary N) is 1. The van der Waals surface area contributed by atoms with Crippen LogP contribution in [-0.2, 0) is 0 Å². The molecule has 3 nitrogen and oxygen atoms in total. The topological polar surface area (TPSA) is 47.3 Å². The summed E-state index contributed by atoms with van der Waals surface area (Å²) in [6.07, 6.45) is 0. The summed E-state index contributed by atoms with van der Waals surface area (Å²) < 4.78 is 5.13. The molecule has 1 aromatic carbocycles. The molecular formula is C9H11ClN2OS. The Balaban J connectivity index is 3.17. The van der Waals surface area contributed by atoms with E-state index in [-0.39, 0.29) is 0 Å². The minimum atomic E-state index is 0.485. The zero-order chi connectivity index (χ0) is 10.7. The van der Waals surface area contributed by atoms with E-state index in [1.807, 2.05) is 0 Å². The van der Waals surface area contributed by atoms with Gasteiger partial charge in [0.2, 0.25) is 0 Å². The third-order valence-electron chi connectivity index (χ3n) is 1.60. The zero-order valence-corrected chi connectivity index (χ0v) is 9.50. The summed E-state index contributed by atoms with van der Waals surface area (Å²) in [5.74, 6) is 0.554. The Morgan fingerprint density at radius 1 is 1.57 bits per heavy atom. The van der Waals surface area contributed by atoms with E-state index in [1.165, 1.54) is 0 Å². The first-order valence-corrected chi connectivity index (χ1v) is 4.74. The SMILES string of the molecule is COc1c(N)cc(Cl)cc1NC(C)=S. The van der Waals surface area contributed by atoms with Gasteiger partial charge < -0.3 is 15.8 Å². The van der Waals surface area contributed by atoms with E-state index >= 15 is 0 Å². The predicted octanol–water partition coefficient (Wildman–Crippen LogP) is 2.69. The van der Waals surface area contributed by atoms with Gasteiger partial charge in [-0.15, -0.1) is 0 Å². The van der Waals surface area contributed by atoms with Crippen LogP contribution >= 0.6 is 23.8 Å². The van der Waals surface area contributed by atoms with E-state index in [2.05, 4.69) is 5.32 Å². The van der Waals surface area contributed by atoms with Gasteiger partial charge in [-0.3, -0.25) is 0 Å². The first-order valence-electron chi connectivity index (χ1n) is 3.95. The molecule has 0 saturated carbocycles. The van der Waals surface area contributed by atoms with Crippen molar-refractivity contribution in [2.45, 2.75) is 6.92 Å². The van der Waals surface area contributed by atoms with E-state index in [4.69, 9.17) is 34.3 Å². The molecule has 3 N–H and O–H groups in total. The highest BCUT2D eigenvalue weighted by Crippen LogP contribution is 2.34. The summed E-state index contributed by atoms with van der Waals surface area (Å²) in [7, 11) is 1.55. The Morgan fingerprint density at radius 3 is 2.71 bits per heavy atom. The number of thiocarbonyl (C=S) groups is 1. The van der Waals surface area contributed by atoms with Crippen LogP contribution in [0.5, 0.6) is 5.75 Å². The molecule has 0 aliphatic heterocycles. The fourth-order valence-electron chi connectivity index (χ4n) is 1.13. The molecule has 0 saturated heterocycles. The van der Waals surface area contributed by atoms with Gasteiger partial charge in [-0.05, 0) is 19.1 Å². The maximum absolute atomic E-state index is 5.84. The molecule has 76 valence electrons. The molecule has 0 heterocycles. The van der Waals surface area contributed by atoms with Gasteiger partial charge in [-0.2, -0.15) is 0 Å². The molecule has 0 fully saturated rings. The molecule has 5 heteroatoms. The van der Waals surface area contributed by atoms with Crippen molar-refractivity contribution in [2.24, 2.45) is 0 Å². The lowest BCUT2D eigenvalue weighted by Gasteiger charge is -2.12. The molecule has 0 radical (unpaired) electrons. The van der Waals surface area contributed by atoms with Crippen LogP contribution in [0, 0.1) is 0 Å². The molecule has 0 aromatic heterocycles. The van der Waals surface area contributed by atoms with Gasteiger partial charge in [0.1, 0.15) is 0 Å². The first-order chi connectivity index (χ1) is 6.54. The highest BCUT2D eigenvalue weighted by Gasteiger charge is 2.08. The van der Waals surface area contributed by atoms with E-state index in [1.54, 1.807) is 26.2 Å². The predicted molar refractivity (Wildman–Crippen MR) is 64.3 cm³/mol. The highest BCUT2D eigenvalue weighted by molar-refractivity contribution is 7.80. The lowest BCUT2D eigenvalue weighted by molar-refractivity contribution is 0.419. The Bertz CT molecular complexity index is 368. The highest BCUT2D eigenvalue weighted by atomic mass is 35.5. The minimum absolute atomic E-state index is 0.485. The van der Waals surface area contributed by atoms with Crippen LogP contribution in [-0.4, -0.2) is 12.1 Å². The summed E-state index contributed by atoms with van der Waals surface area (Å²) in [5.41, 5.74) is 6.89. The molecule has 0 aliphatic rings. The number of methoxy groups -OCH3 is 1. The van der Waals surface area contributed by atoms with Crippen molar-refractivity contribution in [1.29, 1.82) is 0 Å². The van der Waals surface area contributed by atoms with Crippen molar-refractivity contribution < 1.29 is 4.74 Å². The number of nitrogens with one attached hydrogen (secondary N) is 1. The van der Waals surface area contributed by atoms with Gasteiger partial charge in [0.05, 0.1) is 23.5 Å². The molecule has 0 unspecified atom stereocenters. The van der Waals surface area contributed by atoms with Gasteiger partial charge >= 0.3 is 0 Å². The number of benzene rings is 1. The molecule has 0 aliphatic carbocycles. The maximum atomic E-state index is 5.84. The number of halogens is 1. The van der Waals surface area contributed by atoms with Gasteiger partial charge in [-0.25, -0.2) is 0 Å². The van der Waals surface area contributed by atoms with Crippen LogP contribution in [0.15, 0.2) is 12.1 Å². The Hall–Kier alpha value is -1.00. The number of hydrogen-bond acceptors (Lipinski definition) is 3. The van der Waals surface area contributed by atoms with Crippen molar-refractivity contribution in [1.82, 2.24) is 0 Å². The van der Waals surface area contributed by atoms with Crippen LogP contribution in [0.25, 0.3) is 0 Å². The molecule has 1 rings (SSSR count). The summed E-state index contributed by atoms with van der Waals surface area (Å²) in [6.45, 7) is 1.77. The number of rotatable bonds is 2. The normalized spacial score (nSPS) is 9.64. The van der Waals surface area contributed by atoms with E-state index < -0.39 is 0 Å². The second kappa shape index (κ2) is 4.48. The second-order valence-electron chi connectivity index (χ2n) is 2.76. The van der Waals surface area contributed by atoms with E-state index in [0.29, 0.717) is 27.1 Å². The Labute approximate surface area is 93.2 Å². The molecule has 1 aromatic rings. The maximum Gasteiger partial charge on any atom is 0.165 e. The number of hydrogen-bond donors (Lipinski definition) is 2. The lowest BCUT2D eigenvalue weighted by Crippen LogP contribution is -2.06. The zero-order valence-electron chi connectivity index (χ0n) is 7.93. The van der Waals surface area contributed by atoms with Crippen molar-refractivity contribution in [3.8, 4) is 5.75 Å². The minimum Gasteiger partial charge on any atom is -0.492 e. The van der Waals surface area contributed by atoms with Crippen LogP contribution < -0.4 is 15.8 Å². The average molecular weight is 231 g/mol. The van der Waals surface area contributed by atoms with Gasteiger partial charge in [0.15, 0.2) is 5.75 Å². The summed E-state index contributed by atoms with van der Waals surface area (Å²) in [6, 6.07) is 3.34. The van der Waals surface area contributed by atoms with E-state index in [9.17, 15) is 0 Å². The average Bonchev–Trinajstić information content (AvgIpc) is 2.01. The fraction of sp³-hybridized carbons (Fsp3) is 0.222. The third kappa shape index (κ3) is 2.49. The number of anilines is 2. The second-order valence-corrected chi connectivity index (χ2v) is 3.81. The van der Waals surface area contributed by atoms with E-state index in [0.717, 1.165) is 0 Å². The van der Waals surface area contributed by atoms with Crippen molar-refractivity contribution >= 4 is 40.2 Å². The molecule has 0 amide bonds. The number of nitrogen functional groups attached to an aromatic ring is 1. The van der Waals surface area contributed by atoms with Crippen LogP contribution in [0.4, 0.5) is 11.4 Å². The monoisotopic (exact) mass is 230 g/mol. The summed E-state index contributed by atoms with van der Waals surface area (Å²) in [5, 5.41) is 3.49. The summed E-state index contributed by atoms with van der Waals surface area (Å²) >= 11 is 10.8. The molecule has 0 bridgehead atoms. The molecule has 14 heavy (non-hydrogen) atoms. The lowest BCUT2D eigenvalue weighted by atomic mass is 10.2. The van der Waals surface area contributed by atoms with Gasteiger partial charge in [0.25, 0.3) is 0 Å². The molecule has 0 spiro atoms. The Morgan fingerprint density at radius 2 is 2.21 bits per heavy atom. The van der Waals surface area contributed by atoms with Crippen LogP contribution in [0.2, 0.25) is 5.02 Å². The first kappa shape index (κ1) is 11.1. The standard InChI is InChI=1S/C9H11ClN2OS/c1-5(14)12-8-4-6(10)3-7(11)9(8)13-2/h3-4H,11H2,1-2H3,(H,12,14). The molecular weight excluding hydrogens is 220 g/mol. The Kier molecular flexibility index (Phi) is 3.55. The van der Waals surface area contributed by atoms with Crippen molar-refractivity contribution in [2.75, 3.05) is 18.2 Å². The van der Waals surface area contributed by atoms with Crippen LogP contribution in [0.1, 0.15) is 6.92 Å². The van der Waals surface area contributed by atoms with Crippen molar-refractivity contribution in [3.63, 3.8) is 0 Å². The smallest absolute Gasteiger partial charge is 0.165 e. The summed E-state index contributed by atoms with van der Waals surface area (Å²) in [4.78, 5) is 0.630. The van der Waals surface area contributed by atoms with Gasteiger partial charge in [-0.1, -0.05) is 23.8 Å².